The molecule has 0 spiro atoms. The molecule has 0 saturated carbocycles. The van der Waals surface area contributed by atoms with Gasteiger partial charge in [-0.05, 0) is 104 Å². The molecule has 0 fully saturated rings. The van der Waals surface area contributed by atoms with Gasteiger partial charge in [0.15, 0.2) is 0 Å². The number of nitrogens with zero attached hydrogens (tertiary/aromatic N) is 2. The molecule has 0 amide bonds. The van der Waals surface area contributed by atoms with Crippen LogP contribution in [0, 0.1) is 0 Å². The third-order valence-electron chi connectivity index (χ3n) is 14.7. The van der Waals surface area contributed by atoms with E-state index in [1.807, 2.05) is 0 Å². The van der Waals surface area contributed by atoms with Gasteiger partial charge in [0.1, 0.15) is 0 Å². The topological polar surface area (TPSA) is 8.82 Å². The Morgan fingerprint density at radius 2 is 0.471 bits per heavy atom. The summed E-state index contributed by atoms with van der Waals surface area (Å²) >= 11 is 0. The van der Waals surface area contributed by atoms with E-state index >= 15 is 0 Å². The summed E-state index contributed by atoms with van der Waals surface area (Å²) in [7, 11) is 0. The molecular weight excluding hydrogens is 821 g/mol. The highest BCUT2D eigenvalue weighted by Crippen LogP contribution is 2.55. The van der Waals surface area contributed by atoms with Gasteiger partial charge in [-0.2, -0.15) is 0 Å². The van der Waals surface area contributed by atoms with Crippen molar-refractivity contribution in [1.82, 2.24) is 8.80 Å². The van der Waals surface area contributed by atoms with Crippen LogP contribution < -0.4 is 0 Å². The summed E-state index contributed by atoms with van der Waals surface area (Å²) in [6.07, 6.45) is 0. The monoisotopic (exact) mass is 860 g/mol. The van der Waals surface area contributed by atoms with E-state index in [0.717, 1.165) is 0 Å². The minimum Gasteiger partial charge on any atom is -0.307 e. The Morgan fingerprint density at radius 3 is 0.809 bits per heavy atom. The number of rotatable bonds is 6. The maximum Gasteiger partial charge on any atom is 0.0634 e. The van der Waals surface area contributed by atoms with Gasteiger partial charge in [-0.3, -0.25) is 0 Å². The number of hydrogen-bond acceptors (Lipinski definition) is 0. The molecule has 0 aliphatic heterocycles. The zero-order chi connectivity index (χ0) is 44.5. The average Bonchev–Trinajstić information content (AvgIpc) is 4.15. The van der Waals surface area contributed by atoms with Crippen LogP contribution in [0.1, 0.15) is 0 Å². The first-order chi connectivity index (χ1) is 33.8. The molecule has 0 bridgehead atoms. The van der Waals surface area contributed by atoms with E-state index < -0.39 is 0 Å². The van der Waals surface area contributed by atoms with E-state index in [4.69, 9.17) is 0 Å². The van der Waals surface area contributed by atoms with Gasteiger partial charge in [-0.15, -0.1) is 0 Å². The first-order valence-corrected chi connectivity index (χ1v) is 23.6. The molecule has 15 rings (SSSR count). The van der Waals surface area contributed by atoms with Crippen molar-refractivity contribution < 1.29 is 0 Å². The van der Waals surface area contributed by atoms with Crippen molar-refractivity contribution in [1.29, 1.82) is 0 Å². The Balaban J connectivity index is 1.23. The SMILES string of the molecule is c1ccc(-c2ccc3c(c2)c2cc(-c4ccccc4)cc4c5c(-c6ccccc6)c6c(c(-c7ccccc7)c5n3c24)c2cc(-c3ccccc3)cc3c4cc(-c5ccccc5)ccc4n6c32)cc1. The molecule has 0 N–H and O–H groups in total. The zero-order valence-electron chi connectivity index (χ0n) is 37.0. The molecule has 11 aromatic carbocycles. The summed E-state index contributed by atoms with van der Waals surface area (Å²) in [6.45, 7) is 0. The molecule has 0 atom stereocenters. The van der Waals surface area contributed by atoms with Crippen LogP contribution in [0.4, 0.5) is 0 Å². The second-order valence-electron chi connectivity index (χ2n) is 18.4. The molecule has 0 aliphatic carbocycles. The molecule has 15 aromatic rings. The van der Waals surface area contributed by atoms with Crippen LogP contribution in [0.15, 0.2) is 243 Å². The first-order valence-electron chi connectivity index (χ1n) is 23.6. The highest BCUT2D eigenvalue weighted by molar-refractivity contribution is 6.38. The molecule has 2 nitrogen and oxygen atoms in total. The largest absolute Gasteiger partial charge is 0.307 e. The lowest BCUT2D eigenvalue weighted by molar-refractivity contribution is 1.36. The predicted octanol–water partition coefficient (Wildman–Crippen LogP) is 18.0. The van der Waals surface area contributed by atoms with Gasteiger partial charge in [0.25, 0.3) is 0 Å². The molecule has 314 valence electrons. The summed E-state index contributed by atoms with van der Waals surface area (Å²) in [5.41, 5.74) is 22.0. The minimum absolute atomic E-state index is 1.20. The lowest BCUT2D eigenvalue weighted by atomic mass is 9.88. The molecular formula is C66H40N2. The fourth-order valence-corrected chi connectivity index (χ4v) is 11.8. The summed E-state index contributed by atoms with van der Waals surface area (Å²) in [5, 5.41) is 10.1. The second kappa shape index (κ2) is 14.3. The Kier molecular flexibility index (Phi) is 7.81. The predicted molar refractivity (Wildman–Crippen MR) is 288 cm³/mol. The van der Waals surface area contributed by atoms with E-state index in [-0.39, 0.29) is 0 Å². The van der Waals surface area contributed by atoms with Crippen LogP contribution in [0.3, 0.4) is 0 Å². The summed E-state index contributed by atoms with van der Waals surface area (Å²) in [6, 6.07) is 90.0. The molecule has 68 heavy (non-hydrogen) atoms. The van der Waals surface area contributed by atoms with Crippen LogP contribution in [0.2, 0.25) is 0 Å². The summed E-state index contributed by atoms with van der Waals surface area (Å²) in [4.78, 5) is 0. The fourth-order valence-electron chi connectivity index (χ4n) is 11.8. The van der Waals surface area contributed by atoms with Crippen LogP contribution >= 0.6 is 0 Å². The van der Waals surface area contributed by atoms with E-state index in [9.17, 15) is 0 Å². The van der Waals surface area contributed by atoms with Gasteiger partial charge >= 0.3 is 0 Å². The van der Waals surface area contributed by atoms with Crippen LogP contribution in [-0.4, -0.2) is 8.80 Å². The summed E-state index contributed by atoms with van der Waals surface area (Å²) in [5.74, 6) is 0. The maximum atomic E-state index is 2.63. The van der Waals surface area contributed by atoms with Gasteiger partial charge in [-0.25, -0.2) is 0 Å². The van der Waals surface area contributed by atoms with Gasteiger partial charge in [0.2, 0.25) is 0 Å². The third-order valence-corrected chi connectivity index (χ3v) is 14.7. The molecule has 0 aliphatic rings. The average molecular weight is 861 g/mol. The number of benzene rings is 11. The van der Waals surface area contributed by atoms with Crippen molar-refractivity contribution in [2.45, 2.75) is 0 Å². The zero-order valence-corrected chi connectivity index (χ0v) is 37.0. The van der Waals surface area contributed by atoms with Crippen molar-refractivity contribution in [3.05, 3.63) is 243 Å². The molecule has 0 saturated heterocycles. The molecule has 2 heteroatoms. The number of aromatic nitrogens is 2. The van der Waals surface area contributed by atoms with Crippen molar-refractivity contribution in [2.75, 3.05) is 0 Å². The molecule has 4 heterocycles. The van der Waals surface area contributed by atoms with Crippen LogP contribution in [0.5, 0.6) is 0 Å². The quantitative estimate of drug-likeness (QED) is 0.157. The molecule has 0 unspecified atom stereocenters. The number of hydrogen-bond donors (Lipinski definition) is 0. The normalized spacial score (nSPS) is 12.1. The number of fused-ring (bicyclic) bond motifs is 12. The van der Waals surface area contributed by atoms with Gasteiger partial charge in [-0.1, -0.05) is 194 Å². The molecule has 4 aromatic heterocycles. The van der Waals surface area contributed by atoms with Crippen LogP contribution in [0.25, 0.3) is 143 Å². The standard InChI is InChI=1S/C66H40N2/c1-7-19-41(20-8-1)47-31-33-57-51(35-47)53-37-49(43-23-11-3-12-24-43)39-55-61-60(46-29-17-6-18-30-46)66-62(59(45-27-15-5-16-28-45)65(61)67(57)63(53)55)56-40-50(44-25-13-4-14-26-44)38-54-52-36-48(42-21-9-2-10-22-42)32-34-58(52)68(66)64(54)56/h1-40H. The fraction of sp³-hybridized carbons (Fsp3) is 0. The highest BCUT2D eigenvalue weighted by atomic mass is 14.9. The van der Waals surface area contributed by atoms with E-state index in [2.05, 4.69) is 251 Å². The highest BCUT2D eigenvalue weighted by Gasteiger charge is 2.31. The molecule has 0 radical (unpaired) electrons. The van der Waals surface area contributed by atoms with Gasteiger partial charge in [0.05, 0.1) is 33.1 Å². The smallest absolute Gasteiger partial charge is 0.0634 e. The summed E-state index contributed by atoms with van der Waals surface area (Å²) < 4.78 is 5.26. The van der Waals surface area contributed by atoms with Crippen molar-refractivity contribution in [3.8, 4) is 66.8 Å². The minimum atomic E-state index is 1.20. The van der Waals surface area contributed by atoms with Crippen LogP contribution in [-0.2, 0) is 0 Å². The Labute approximate surface area is 392 Å². The Hall–Kier alpha value is -8.98. The van der Waals surface area contributed by atoms with Gasteiger partial charge in [0, 0.05) is 54.2 Å². The van der Waals surface area contributed by atoms with E-state index in [1.165, 1.54) is 143 Å². The lowest BCUT2D eigenvalue weighted by Gasteiger charge is -2.16. The van der Waals surface area contributed by atoms with Crippen molar-refractivity contribution >= 4 is 76.2 Å². The lowest BCUT2D eigenvalue weighted by Crippen LogP contribution is -1.93. The maximum absolute atomic E-state index is 2.63. The van der Waals surface area contributed by atoms with E-state index in [0.29, 0.717) is 0 Å². The Bertz CT molecular complexity index is 4130. The second-order valence-corrected chi connectivity index (χ2v) is 18.4. The van der Waals surface area contributed by atoms with Crippen molar-refractivity contribution in [2.24, 2.45) is 0 Å². The third kappa shape index (κ3) is 5.23. The van der Waals surface area contributed by atoms with Gasteiger partial charge < -0.3 is 8.80 Å². The van der Waals surface area contributed by atoms with Crippen molar-refractivity contribution in [3.63, 3.8) is 0 Å². The Morgan fingerprint density at radius 1 is 0.191 bits per heavy atom. The van der Waals surface area contributed by atoms with E-state index in [1.54, 1.807) is 0 Å². The first kappa shape index (κ1) is 37.3.